The maximum Gasteiger partial charge on any atom is 0.191 e. The number of hydrogen-bond donors (Lipinski definition) is 2. The van der Waals surface area contributed by atoms with Crippen molar-refractivity contribution >= 4 is 41.3 Å². The molecule has 22 heavy (non-hydrogen) atoms. The molecule has 1 unspecified atom stereocenters. The van der Waals surface area contributed by atoms with E-state index in [0.717, 1.165) is 29.1 Å². The van der Waals surface area contributed by atoms with Gasteiger partial charge in [0.1, 0.15) is 5.01 Å². The van der Waals surface area contributed by atoms with Crippen LogP contribution in [-0.4, -0.2) is 24.0 Å². The third kappa shape index (κ3) is 8.31. The van der Waals surface area contributed by atoms with Gasteiger partial charge in [-0.3, -0.25) is 4.99 Å². The average Bonchev–Trinajstić information content (AvgIpc) is 2.73. The van der Waals surface area contributed by atoms with Crippen LogP contribution in [0.4, 0.5) is 0 Å². The normalized spacial score (nSPS) is 13.0. The van der Waals surface area contributed by atoms with E-state index in [2.05, 4.69) is 55.2 Å². The molecule has 0 radical (unpaired) electrons. The van der Waals surface area contributed by atoms with Crippen molar-refractivity contribution in [3.05, 3.63) is 15.6 Å². The highest BCUT2D eigenvalue weighted by molar-refractivity contribution is 14.0. The zero-order valence-electron chi connectivity index (χ0n) is 14.7. The lowest BCUT2D eigenvalue weighted by molar-refractivity contribution is 0.491. The Hall–Kier alpha value is -0.370. The van der Waals surface area contributed by atoms with Crippen LogP contribution in [0.5, 0.6) is 0 Å². The minimum absolute atomic E-state index is 0. The Labute approximate surface area is 156 Å². The minimum atomic E-state index is 0. The van der Waals surface area contributed by atoms with Crippen molar-refractivity contribution in [1.82, 2.24) is 15.6 Å². The number of nitrogens with zero attached hydrogens (tertiary/aromatic N) is 2. The fraction of sp³-hybridized carbons (Fsp3) is 0.750. The Morgan fingerprint density at radius 2 is 1.91 bits per heavy atom. The molecule has 4 nitrogen and oxygen atoms in total. The largest absolute Gasteiger partial charge is 0.354 e. The van der Waals surface area contributed by atoms with Crippen LogP contribution in [0.25, 0.3) is 0 Å². The molecule has 0 aromatic carbocycles. The average molecular weight is 438 g/mol. The molecule has 0 aliphatic carbocycles. The smallest absolute Gasteiger partial charge is 0.191 e. The maximum atomic E-state index is 4.54. The van der Waals surface area contributed by atoms with Crippen LogP contribution in [0.1, 0.15) is 55.6 Å². The highest BCUT2D eigenvalue weighted by Gasteiger charge is 2.08. The molecule has 1 rings (SSSR count). The van der Waals surface area contributed by atoms with Gasteiger partial charge in [0, 0.05) is 18.0 Å². The molecule has 1 atom stereocenters. The first kappa shape index (κ1) is 21.6. The highest BCUT2D eigenvalue weighted by atomic mass is 127. The summed E-state index contributed by atoms with van der Waals surface area (Å²) in [4.78, 5) is 10.1. The van der Waals surface area contributed by atoms with Crippen LogP contribution < -0.4 is 10.6 Å². The Balaban J connectivity index is 0.00000441. The molecule has 0 saturated heterocycles. The van der Waals surface area contributed by atoms with E-state index in [9.17, 15) is 0 Å². The maximum absolute atomic E-state index is 4.54. The van der Waals surface area contributed by atoms with Gasteiger partial charge in [-0.25, -0.2) is 4.98 Å². The Kier molecular flexibility index (Phi) is 11.0. The fourth-order valence-corrected chi connectivity index (χ4v) is 2.98. The van der Waals surface area contributed by atoms with Crippen molar-refractivity contribution in [2.75, 3.05) is 7.05 Å². The molecule has 0 spiro atoms. The van der Waals surface area contributed by atoms with Crippen LogP contribution in [0.3, 0.4) is 0 Å². The topological polar surface area (TPSA) is 49.3 Å². The van der Waals surface area contributed by atoms with Gasteiger partial charge < -0.3 is 10.6 Å². The zero-order chi connectivity index (χ0) is 15.8. The number of guanidine groups is 1. The number of halogens is 1. The number of aromatic nitrogens is 1. The zero-order valence-corrected chi connectivity index (χ0v) is 17.8. The van der Waals surface area contributed by atoms with E-state index in [1.165, 1.54) is 24.1 Å². The van der Waals surface area contributed by atoms with Crippen LogP contribution in [-0.2, 0) is 6.54 Å². The molecule has 0 aliphatic rings. The standard InChI is InChI=1S/C16H30N4S.HI/c1-11(2)8-7-9-12(3)19-16(17-6)18-10-15-20-13(4)14(5)21-15;/h11-12H,7-10H2,1-6H3,(H2,17,18,19);1H. The summed E-state index contributed by atoms with van der Waals surface area (Å²) < 4.78 is 0. The number of aliphatic imine (C=N–C) groups is 1. The SMILES string of the molecule is CN=C(NCc1nc(C)c(C)s1)NC(C)CCCC(C)C.I. The van der Waals surface area contributed by atoms with Gasteiger partial charge in [-0.2, -0.15) is 0 Å². The number of rotatable bonds is 7. The van der Waals surface area contributed by atoms with Crippen LogP contribution >= 0.6 is 35.3 Å². The molecule has 0 saturated carbocycles. The number of aryl methyl sites for hydroxylation is 2. The number of hydrogen-bond acceptors (Lipinski definition) is 3. The van der Waals surface area contributed by atoms with E-state index < -0.39 is 0 Å². The van der Waals surface area contributed by atoms with Crippen molar-refractivity contribution in [2.45, 2.75) is 66.5 Å². The lowest BCUT2D eigenvalue weighted by Crippen LogP contribution is -2.41. The molecular weight excluding hydrogens is 407 g/mol. The predicted molar refractivity (Wildman–Crippen MR) is 108 cm³/mol. The van der Waals surface area contributed by atoms with Crippen LogP contribution in [0.2, 0.25) is 0 Å². The summed E-state index contributed by atoms with van der Waals surface area (Å²) in [6.45, 7) is 11.7. The summed E-state index contributed by atoms with van der Waals surface area (Å²) in [5.41, 5.74) is 1.13. The molecule has 0 aliphatic heterocycles. The third-order valence-electron chi connectivity index (χ3n) is 3.51. The molecule has 0 amide bonds. The van der Waals surface area contributed by atoms with Crippen molar-refractivity contribution in [3.8, 4) is 0 Å². The van der Waals surface area contributed by atoms with E-state index in [1.807, 2.05) is 7.05 Å². The van der Waals surface area contributed by atoms with E-state index in [-0.39, 0.29) is 24.0 Å². The van der Waals surface area contributed by atoms with E-state index >= 15 is 0 Å². The van der Waals surface area contributed by atoms with Gasteiger partial charge in [-0.05, 0) is 33.1 Å². The molecule has 1 aromatic heterocycles. The van der Waals surface area contributed by atoms with Crippen molar-refractivity contribution < 1.29 is 0 Å². The highest BCUT2D eigenvalue weighted by Crippen LogP contribution is 2.15. The predicted octanol–water partition coefficient (Wildman–Crippen LogP) is 4.26. The molecular formula is C16H31IN4S. The molecule has 1 aromatic rings. The van der Waals surface area contributed by atoms with Gasteiger partial charge in [0.05, 0.1) is 12.2 Å². The van der Waals surface area contributed by atoms with Crippen molar-refractivity contribution in [1.29, 1.82) is 0 Å². The van der Waals surface area contributed by atoms with Crippen molar-refractivity contribution in [2.24, 2.45) is 10.9 Å². The summed E-state index contributed by atoms with van der Waals surface area (Å²) in [6.07, 6.45) is 3.72. The molecule has 0 bridgehead atoms. The number of nitrogens with one attached hydrogen (secondary N) is 2. The quantitative estimate of drug-likeness (QED) is 0.380. The summed E-state index contributed by atoms with van der Waals surface area (Å²) in [7, 11) is 1.81. The number of thiazole rings is 1. The second kappa shape index (κ2) is 11.2. The Morgan fingerprint density at radius 1 is 1.23 bits per heavy atom. The van der Waals surface area contributed by atoms with Gasteiger partial charge in [-0.1, -0.05) is 26.7 Å². The Bertz CT molecular complexity index is 437. The molecule has 1 heterocycles. The summed E-state index contributed by atoms with van der Waals surface area (Å²) in [5, 5.41) is 7.90. The van der Waals surface area contributed by atoms with Crippen LogP contribution in [0, 0.1) is 19.8 Å². The van der Waals surface area contributed by atoms with E-state index in [1.54, 1.807) is 11.3 Å². The Morgan fingerprint density at radius 3 is 2.41 bits per heavy atom. The van der Waals surface area contributed by atoms with Gasteiger partial charge in [-0.15, -0.1) is 35.3 Å². The first-order valence-corrected chi connectivity index (χ1v) is 8.64. The lowest BCUT2D eigenvalue weighted by atomic mass is 10.0. The first-order chi connectivity index (χ1) is 9.92. The van der Waals surface area contributed by atoms with Gasteiger partial charge >= 0.3 is 0 Å². The lowest BCUT2D eigenvalue weighted by Gasteiger charge is -2.17. The van der Waals surface area contributed by atoms with Gasteiger partial charge in [0.15, 0.2) is 5.96 Å². The fourth-order valence-electron chi connectivity index (χ4n) is 2.11. The van der Waals surface area contributed by atoms with Gasteiger partial charge in [0.2, 0.25) is 0 Å². The van der Waals surface area contributed by atoms with Gasteiger partial charge in [0.25, 0.3) is 0 Å². The molecule has 128 valence electrons. The molecule has 0 fully saturated rings. The monoisotopic (exact) mass is 438 g/mol. The first-order valence-electron chi connectivity index (χ1n) is 7.82. The molecule has 2 N–H and O–H groups in total. The van der Waals surface area contributed by atoms with E-state index in [4.69, 9.17) is 0 Å². The van der Waals surface area contributed by atoms with Crippen LogP contribution in [0.15, 0.2) is 4.99 Å². The summed E-state index contributed by atoms with van der Waals surface area (Å²) in [6, 6.07) is 0.440. The third-order valence-corrected chi connectivity index (χ3v) is 4.58. The van der Waals surface area contributed by atoms with E-state index in [0.29, 0.717) is 6.04 Å². The molecule has 6 heteroatoms. The summed E-state index contributed by atoms with van der Waals surface area (Å²) in [5.74, 6) is 1.64. The minimum Gasteiger partial charge on any atom is -0.354 e. The second-order valence-electron chi connectivity index (χ2n) is 6.05. The second-order valence-corrected chi connectivity index (χ2v) is 7.33. The van der Waals surface area contributed by atoms with Crippen molar-refractivity contribution in [3.63, 3.8) is 0 Å². The summed E-state index contributed by atoms with van der Waals surface area (Å²) >= 11 is 1.75.